The van der Waals surface area contributed by atoms with Gasteiger partial charge in [0.15, 0.2) is 0 Å². The van der Waals surface area contributed by atoms with Crippen LogP contribution in [-0.2, 0) is 4.79 Å². The first-order valence-electron chi connectivity index (χ1n) is 14.6. The first-order valence-corrected chi connectivity index (χ1v) is 15.4. The van der Waals surface area contributed by atoms with Gasteiger partial charge >= 0.3 is 0 Å². The molecular weight excluding hydrogens is 548 g/mol. The van der Waals surface area contributed by atoms with E-state index in [4.69, 9.17) is 34.7 Å². The molecule has 0 aromatic carbocycles. The second-order valence-corrected chi connectivity index (χ2v) is 10.9. The van der Waals surface area contributed by atoms with Crippen LogP contribution in [0.3, 0.4) is 0 Å². The lowest BCUT2D eigenvalue weighted by atomic mass is 9.98. The third-order valence-corrected chi connectivity index (χ3v) is 7.67. The molecule has 0 aliphatic carbocycles. The van der Waals surface area contributed by atoms with E-state index in [1.165, 1.54) is 38.9 Å². The number of likely N-dealkylation sites (tertiary alicyclic amines) is 1. The van der Waals surface area contributed by atoms with Gasteiger partial charge < -0.3 is 21.3 Å². The molecule has 2 saturated heterocycles. The Kier molecular flexibility index (Phi) is 20.0. The fraction of sp³-hybridized carbons (Fsp3) is 0.645. The monoisotopic (exact) mass is 601 g/mol. The van der Waals surface area contributed by atoms with E-state index in [0.717, 1.165) is 38.3 Å². The first-order chi connectivity index (χ1) is 18.9. The first kappa shape index (κ1) is 38.2. The van der Waals surface area contributed by atoms with E-state index >= 15 is 0 Å². The van der Waals surface area contributed by atoms with Crippen molar-refractivity contribution >= 4 is 29.1 Å². The fourth-order valence-corrected chi connectivity index (χ4v) is 4.94. The van der Waals surface area contributed by atoms with Gasteiger partial charge in [0.25, 0.3) is 0 Å². The normalized spacial score (nSPS) is 21.7. The van der Waals surface area contributed by atoms with Gasteiger partial charge in [0.1, 0.15) is 6.17 Å². The van der Waals surface area contributed by atoms with Gasteiger partial charge in [0.2, 0.25) is 5.91 Å². The van der Waals surface area contributed by atoms with Crippen LogP contribution in [0.1, 0.15) is 74.7 Å². The zero-order valence-electron chi connectivity index (χ0n) is 26.0. The van der Waals surface area contributed by atoms with E-state index in [2.05, 4.69) is 28.5 Å². The van der Waals surface area contributed by atoms with Crippen molar-refractivity contribution in [3.8, 4) is 0 Å². The van der Waals surface area contributed by atoms with Crippen molar-refractivity contribution in [2.24, 2.45) is 11.5 Å². The zero-order valence-corrected chi connectivity index (χ0v) is 27.5. The number of rotatable bonds is 9. The van der Waals surface area contributed by atoms with E-state index in [9.17, 15) is 9.18 Å². The lowest BCUT2D eigenvalue weighted by molar-refractivity contribution is -0.113. The minimum atomic E-state index is -0.882. The van der Waals surface area contributed by atoms with Crippen LogP contribution in [0.15, 0.2) is 57.4 Å². The molecule has 230 valence electrons. The number of halogens is 3. The number of amides is 1. The maximum absolute atomic E-state index is 12.4. The fourth-order valence-electron chi connectivity index (χ4n) is 4.70. The summed E-state index contributed by atoms with van der Waals surface area (Å²) in [5.74, 6) is -0.556. The molecule has 6 nitrogen and oxygen atoms in total. The minimum Gasteiger partial charge on any atom is -0.399 e. The molecule has 0 aromatic heterocycles. The quantitative estimate of drug-likeness (QED) is 0.227. The number of nitrogens with two attached hydrogens (primary N) is 2. The second-order valence-electron chi connectivity index (χ2n) is 9.90. The third kappa shape index (κ3) is 14.2. The van der Waals surface area contributed by atoms with Crippen LogP contribution in [0, 0.1) is 0 Å². The summed E-state index contributed by atoms with van der Waals surface area (Å²) in [5.41, 5.74) is 13.1. The van der Waals surface area contributed by atoms with Crippen molar-refractivity contribution in [1.29, 1.82) is 0 Å². The van der Waals surface area contributed by atoms with Gasteiger partial charge in [-0.3, -0.25) is 9.69 Å². The molecule has 0 saturated carbocycles. The maximum Gasteiger partial charge on any atom is 0.243 e. The number of carbonyl (C=O) groups is 1. The van der Waals surface area contributed by atoms with Crippen molar-refractivity contribution in [2.75, 3.05) is 39.3 Å². The van der Waals surface area contributed by atoms with Crippen molar-refractivity contribution in [3.05, 3.63) is 57.4 Å². The highest BCUT2D eigenvalue weighted by atomic mass is 35.5. The Balaban J connectivity index is 0.00000107. The summed E-state index contributed by atoms with van der Waals surface area (Å²) in [6, 6.07) is 1.15. The number of nitrogens with zero attached hydrogens (tertiary/aromatic N) is 3. The lowest BCUT2D eigenvalue weighted by Crippen LogP contribution is -2.58. The van der Waals surface area contributed by atoms with Crippen LogP contribution in [0.25, 0.3) is 0 Å². The molecular formula is C31H54Cl2FN5O. The molecule has 0 aromatic rings. The Hall–Kier alpha value is -1.80. The summed E-state index contributed by atoms with van der Waals surface area (Å²) in [6.07, 6.45) is 10.9. The van der Waals surface area contributed by atoms with Crippen molar-refractivity contribution in [1.82, 2.24) is 14.7 Å². The van der Waals surface area contributed by atoms with Gasteiger partial charge in [-0.25, -0.2) is 4.39 Å². The number of piperidine rings is 1. The van der Waals surface area contributed by atoms with E-state index in [1.807, 2.05) is 26.8 Å². The predicted molar refractivity (Wildman–Crippen MR) is 172 cm³/mol. The van der Waals surface area contributed by atoms with E-state index < -0.39 is 12.1 Å². The number of alkyl halides is 1. The molecule has 2 unspecified atom stereocenters. The van der Waals surface area contributed by atoms with Gasteiger partial charge in [0.05, 0.1) is 10.7 Å². The summed E-state index contributed by atoms with van der Waals surface area (Å²) in [5, 5.41) is 1.31. The number of primary amides is 1. The van der Waals surface area contributed by atoms with Crippen LogP contribution < -0.4 is 11.5 Å². The molecule has 0 bridgehead atoms. The number of allylic oxidation sites excluding steroid dienone is 7. The molecule has 0 spiro atoms. The Labute approximate surface area is 253 Å². The largest absolute Gasteiger partial charge is 0.399 e. The molecule has 9 heteroatoms. The molecule has 40 heavy (non-hydrogen) atoms. The van der Waals surface area contributed by atoms with E-state index in [1.54, 1.807) is 32.1 Å². The Bertz CT molecular complexity index is 901. The molecule has 2 fully saturated rings. The Morgan fingerprint density at radius 2 is 1.62 bits per heavy atom. The van der Waals surface area contributed by atoms with Crippen LogP contribution in [0.2, 0.25) is 0 Å². The summed E-state index contributed by atoms with van der Waals surface area (Å²) >= 11 is 12.0. The SMILES string of the molecule is C/C(=C/C=C(\C)Cl)C(C)F.CC.C\C=C(Cl)/C(=C\C(N)=C\C(N)=O)N1CCN(C2CCN(CC)CC2)C(CC)C1. The standard InChI is InChI=1S/C21H36ClN5O.C8H12ClF.C2H6/c1-4-17-15-26(20(19(22)5-2)13-16(23)14-21(24)28)11-12-27(17)18-7-9-25(6-3)10-8-18;1-6(8(3)10)4-5-7(2)9;1-2/h5,13-14,17-18H,4,6-12,15,23H2,1-3H3,(H2,24,28);4-5,8H,1-3H3;1-2H3/b16-14-,19-5+,20-13+;6-4-,7-5+;. The lowest BCUT2D eigenvalue weighted by Gasteiger charge is -2.48. The van der Waals surface area contributed by atoms with Gasteiger partial charge in [-0.05, 0) is 84.3 Å². The summed E-state index contributed by atoms with van der Waals surface area (Å²) in [7, 11) is 0. The average molecular weight is 603 g/mol. The minimum absolute atomic E-state index is 0.324. The topological polar surface area (TPSA) is 78.8 Å². The molecule has 2 rings (SSSR count). The van der Waals surface area contributed by atoms with Crippen LogP contribution in [0.4, 0.5) is 4.39 Å². The molecule has 0 radical (unpaired) electrons. The highest BCUT2D eigenvalue weighted by Gasteiger charge is 2.33. The van der Waals surface area contributed by atoms with Crippen LogP contribution >= 0.6 is 23.2 Å². The van der Waals surface area contributed by atoms with Crippen molar-refractivity contribution < 1.29 is 9.18 Å². The molecule has 2 atom stereocenters. The van der Waals surface area contributed by atoms with Gasteiger partial charge in [-0.1, -0.05) is 63.0 Å². The Morgan fingerprint density at radius 3 is 2.08 bits per heavy atom. The molecule has 4 N–H and O–H groups in total. The molecule has 2 aliphatic heterocycles. The number of carbonyl (C=O) groups excluding carboxylic acids is 1. The summed E-state index contributed by atoms with van der Waals surface area (Å²) in [6.45, 7) is 21.7. The molecule has 2 aliphatic rings. The number of hydrogen-bond acceptors (Lipinski definition) is 5. The van der Waals surface area contributed by atoms with Crippen molar-refractivity contribution in [2.45, 2.75) is 92.9 Å². The van der Waals surface area contributed by atoms with E-state index in [0.29, 0.717) is 33.4 Å². The maximum atomic E-state index is 12.4. The summed E-state index contributed by atoms with van der Waals surface area (Å²) in [4.78, 5) is 18.7. The zero-order chi connectivity index (χ0) is 30.8. The van der Waals surface area contributed by atoms with E-state index in [-0.39, 0.29) is 0 Å². The van der Waals surface area contributed by atoms with Crippen LogP contribution in [-0.4, -0.2) is 78.1 Å². The van der Waals surface area contributed by atoms with Crippen LogP contribution in [0.5, 0.6) is 0 Å². The second kappa shape index (κ2) is 21.0. The van der Waals surface area contributed by atoms with Crippen molar-refractivity contribution in [3.63, 3.8) is 0 Å². The number of piperazine rings is 1. The third-order valence-electron chi connectivity index (χ3n) is 7.13. The smallest absolute Gasteiger partial charge is 0.243 e. The summed E-state index contributed by atoms with van der Waals surface area (Å²) < 4.78 is 12.4. The van der Waals surface area contributed by atoms with Gasteiger partial charge in [-0.15, -0.1) is 0 Å². The average Bonchev–Trinajstić information content (AvgIpc) is 2.94. The highest BCUT2D eigenvalue weighted by molar-refractivity contribution is 6.31. The van der Waals surface area contributed by atoms with Gasteiger partial charge in [0, 0.05) is 48.5 Å². The highest BCUT2D eigenvalue weighted by Crippen LogP contribution is 2.28. The van der Waals surface area contributed by atoms with Gasteiger partial charge in [-0.2, -0.15) is 0 Å². The molecule has 2 heterocycles. The molecule has 1 amide bonds. The predicted octanol–water partition coefficient (Wildman–Crippen LogP) is 6.68. The Morgan fingerprint density at radius 1 is 1.02 bits per heavy atom. The number of hydrogen-bond donors (Lipinski definition) is 2.